The number of rotatable bonds is 5. The van der Waals surface area contributed by atoms with E-state index >= 15 is 0 Å². The first-order chi connectivity index (χ1) is 9.72. The van der Waals surface area contributed by atoms with E-state index in [0.29, 0.717) is 0 Å². The third kappa shape index (κ3) is 3.52. The van der Waals surface area contributed by atoms with Gasteiger partial charge in [0, 0.05) is 12.2 Å². The molecule has 0 saturated carbocycles. The Morgan fingerprint density at radius 3 is 2.75 bits per heavy atom. The van der Waals surface area contributed by atoms with E-state index < -0.39 is 0 Å². The average Bonchev–Trinajstić information content (AvgIpc) is 2.48. The Balaban J connectivity index is 1.92. The van der Waals surface area contributed by atoms with Gasteiger partial charge in [-0.1, -0.05) is 12.1 Å². The van der Waals surface area contributed by atoms with Crippen molar-refractivity contribution >= 4 is 5.69 Å². The van der Waals surface area contributed by atoms with Crippen LogP contribution in [0.3, 0.4) is 0 Å². The zero-order valence-electron chi connectivity index (χ0n) is 11.8. The molecule has 102 valence electrons. The fraction of sp³-hybridized carbons (Fsp3) is 0.235. The molecule has 0 fully saturated rings. The van der Waals surface area contributed by atoms with Gasteiger partial charge >= 0.3 is 0 Å². The number of ether oxygens (including phenoxy) is 1. The van der Waals surface area contributed by atoms with Crippen molar-refractivity contribution in [3.8, 4) is 11.8 Å². The summed E-state index contributed by atoms with van der Waals surface area (Å²) in [5.41, 5.74) is 4.01. The molecule has 3 nitrogen and oxygen atoms in total. The fourth-order valence-corrected chi connectivity index (χ4v) is 2.08. The number of hydrogen-bond donors (Lipinski definition) is 1. The van der Waals surface area contributed by atoms with Crippen LogP contribution in [-0.2, 0) is 6.42 Å². The topological polar surface area (TPSA) is 45.0 Å². The minimum Gasteiger partial charge on any atom is -0.497 e. The van der Waals surface area contributed by atoms with Gasteiger partial charge in [-0.05, 0) is 54.8 Å². The number of aryl methyl sites for hydroxylation is 1. The number of nitrogens with zero attached hydrogens (tertiary/aromatic N) is 1. The lowest BCUT2D eigenvalue weighted by atomic mass is 10.1. The van der Waals surface area contributed by atoms with Crippen molar-refractivity contribution in [3.05, 3.63) is 59.2 Å². The highest BCUT2D eigenvalue weighted by Gasteiger charge is 2.00. The van der Waals surface area contributed by atoms with Gasteiger partial charge in [-0.3, -0.25) is 0 Å². The molecule has 0 unspecified atom stereocenters. The van der Waals surface area contributed by atoms with Crippen molar-refractivity contribution in [1.82, 2.24) is 0 Å². The minimum atomic E-state index is 0.725. The van der Waals surface area contributed by atoms with Crippen LogP contribution >= 0.6 is 0 Å². The molecule has 0 radical (unpaired) electrons. The van der Waals surface area contributed by atoms with Crippen LogP contribution in [0.4, 0.5) is 5.69 Å². The highest BCUT2D eigenvalue weighted by Crippen LogP contribution is 2.16. The monoisotopic (exact) mass is 266 g/mol. The first-order valence-electron chi connectivity index (χ1n) is 6.60. The second-order valence-corrected chi connectivity index (χ2v) is 4.67. The van der Waals surface area contributed by atoms with E-state index in [2.05, 4.69) is 17.5 Å². The quantitative estimate of drug-likeness (QED) is 0.900. The van der Waals surface area contributed by atoms with Gasteiger partial charge in [0.05, 0.1) is 18.7 Å². The fourth-order valence-electron chi connectivity index (χ4n) is 2.08. The Morgan fingerprint density at radius 1 is 1.20 bits per heavy atom. The third-order valence-corrected chi connectivity index (χ3v) is 3.22. The molecule has 2 aromatic rings. The van der Waals surface area contributed by atoms with Crippen LogP contribution in [0.5, 0.6) is 5.75 Å². The standard InChI is InChI=1S/C17H18N2O/c1-13-10-16(7-6-15(13)12-18)19-9-8-14-4-3-5-17(11-14)20-2/h3-7,10-11,19H,8-9H2,1-2H3. The number of nitrogens with one attached hydrogen (secondary N) is 1. The Bertz CT molecular complexity index is 629. The van der Waals surface area contributed by atoms with Crippen LogP contribution in [0.15, 0.2) is 42.5 Å². The maximum absolute atomic E-state index is 8.90. The second kappa shape index (κ2) is 6.63. The molecule has 0 aromatic heterocycles. The molecule has 0 heterocycles. The average molecular weight is 266 g/mol. The summed E-state index contributed by atoms with van der Waals surface area (Å²) in [6.07, 6.45) is 0.927. The van der Waals surface area contributed by atoms with Crippen LogP contribution < -0.4 is 10.1 Å². The molecular formula is C17H18N2O. The number of methoxy groups -OCH3 is 1. The third-order valence-electron chi connectivity index (χ3n) is 3.22. The van der Waals surface area contributed by atoms with E-state index in [1.807, 2.05) is 43.3 Å². The molecular weight excluding hydrogens is 248 g/mol. The molecule has 2 rings (SSSR count). The molecule has 2 aromatic carbocycles. The molecule has 0 aliphatic heterocycles. The van der Waals surface area contributed by atoms with Crippen molar-refractivity contribution in [2.75, 3.05) is 19.0 Å². The number of anilines is 1. The van der Waals surface area contributed by atoms with E-state index in [0.717, 1.165) is 35.5 Å². The first-order valence-corrected chi connectivity index (χ1v) is 6.60. The van der Waals surface area contributed by atoms with Crippen molar-refractivity contribution in [1.29, 1.82) is 5.26 Å². The summed E-state index contributed by atoms with van der Waals surface area (Å²) in [5, 5.41) is 12.3. The summed E-state index contributed by atoms with van der Waals surface area (Å²) >= 11 is 0. The molecule has 0 aliphatic rings. The zero-order chi connectivity index (χ0) is 14.4. The molecule has 1 N–H and O–H groups in total. The maximum Gasteiger partial charge on any atom is 0.119 e. The SMILES string of the molecule is COc1cccc(CCNc2ccc(C#N)c(C)c2)c1. The summed E-state index contributed by atoms with van der Waals surface area (Å²) in [6, 6.07) is 16.1. The molecule has 20 heavy (non-hydrogen) atoms. The van der Waals surface area contributed by atoms with Crippen molar-refractivity contribution in [2.24, 2.45) is 0 Å². The maximum atomic E-state index is 8.90. The van der Waals surface area contributed by atoms with Gasteiger partial charge in [0.15, 0.2) is 0 Å². The van der Waals surface area contributed by atoms with Crippen molar-refractivity contribution in [3.63, 3.8) is 0 Å². The lowest BCUT2D eigenvalue weighted by Crippen LogP contribution is -2.05. The molecule has 3 heteroatoms. The van der Waals surface area contributed by atoms with Crippen LogP contribution in [0.1, 0.15) is 16.7 Å². The van der Waals surface area contributed by atoms with Gasteiger partial charge in [-0.15, -0.1) is 0 Å². The van der Waals surface area contributed by atoms with Crippen LogP contribution in [-0.4, -0.2) is 13.7 Å². The van der Waals surface area contributed by atoms with Crippen LogP contribution in [0.25, 0.3) is 0 Å². The zero-order valence-corrected chi connectivity index (χ0v) is 11.8. The van der Waals surface area contributed by atoms with Crippen LogP contribution in [0, 0.1) is 18.3 Å². The summed E-state index contributed by atoms with van der Waals surface area (Å²) in [4.78, 5) is 0. The van der Waals surface area contributed by atoms with Crippen molar-refractivity contribution in [2.45, 2.75) is 13.3 Å². The van der Waals surface area contributed by atoms with Gasteiger partial charge in [0.2, 0.25) is 0 Å². The molecule has 0 bridgehead atoms. The predicted octanol–water partition coefficient (Wildman–Crippen LogP) is 3.53. The second-order valence-electron chi connectivity index (χ2n) is 4.67. The summed E-state index contributed by atoms with van der Waals surface area (Å²) in [7, 11) is 1.68. The molecule has 0 amide bonds. The van der Waals surface area contributed by atoms with Gasteiger partial charge < -0.3 is 10.1 Å². The summed E-state index contributed by atoms with van der Waals surface area (Å²) in [6.45, 7) is 2.80. The van der Waals surface area contributed by atoms with E-state index in [1.54, 1.807) is 7.11 Å². The lowest BCUT2D eigenvalue weighted by molar-refractivity contribution is 0.414. The first kappa shape index (κ1) is 14.0. The van der Waals surface area contributed by atoms with E-state index in [9.17, 15) is 0 Å². The number of hydrogen-bond acceptors (Lipinski definition) is 3. The highest BCUT2D eigenvalue weighted by atomic mass is 16.5. The predicted molar refractivity (Wildman–Crippen MR) is 81.1 cm³/mol. The summed E-state index contributed by atoms with van der Waals surface area (Å²) < 4.78 is 5.21. The largest absolute Gasteiger partial charge is 0.497 e. The smallest absolute Gasteiger partial charge is 0.119 e. The Labute approximate surface area is 119 Å². The van der Waals surface area contributed by atoms with Gasteiger partial charge in [-0.2, -0.15) is 5.26 Å². The Hall–Kier alpha value is -2.47. The minimum absolute atomic E-state index is 0.725. The van der Waals surface area contributed by atoms with E-state index in [-0.39, 0.29) is 0 Å². The molecule has 0 spiro atoms. The number of benzene rings is 2. The van der Waals surface area contributed by atoms with Crippen molar-refractivity contribution < 1.29 is 4.74 Å². The van der Waals surface area contributed by atoms with E-state index in [1.165, 1.54) is 5.56 Å². The lowest BCUT2D eigenvalue weighted by Gasteiger charge is -2.09. The van der Waals surface area contributed by atoms with Gasteiger partial charge in [0.1, 0.15) is 5.75 Å². The van der Waals surface area contributed by atoms with Gasteiger partial charge in [0.25, 0.3) is 0 Å². The molecule has 0 aliphatic carbocycles. The van der Waals surface area contributed by atoms with Crippen LogP contribution in [0.2, 0.25) is 0 Å². The molecule has 0 atom stereocenters. The summed E-state index contributed by atoms with van der Waals surface area (Å²) in [5.74, 6) is 0.886. The highest BCUT2D eigenvalue weighted by molar-refractivity contribution is 5.51. The Kier molecular flexibility index (Phi) is 4.62. The Morgan fingerprint density at radius 2 is 2.05 bits per heavy atom. The molecule has 0 saturated heterocycles. The van der Waals surface area contributed by atoms with E-state index in [4.69, 9.17) is 10.00 Å². The normalized spacial score (nSPS) is 9.85. The van der Waals surface area contributed by atoms with Gasteiger partial charge in [-0.25, -0.2) is 0 Å². The number of nitriles is 1.